The lowest BCUT2D eigenvalue weighted by Gasteiger charge is -2.11. The lowest BCUT2D eigenvalue weighted by Crippen LogP contribution is -2.20. The number of hydrogen-bond acceptors (Lipinski definition) is 4. The Bertz CT molecular complexity index is 482. The van der Waals surface area contributed by atoms with E-state index < -0.39 is 0 Å². The molecule has 2 rings (SSSR count). The van der Waals surface area contributed by atoms with Crippen LogP contribution in [0.25, 0.3) is 0 Å². The van der Waals surface area contributed by atoms with Crippen LogP contribution >= 0.6 is 0 Å². The molecule has 0 saturated carbocycles. The largest absolute Gasteiger partial charge is 0.508 e. The fourth-order valence-corrected chi connectivity index (χ4v) is 2.44. The van der Waals surface area contributed by atoms with Crippen molar-refractivity contribution in [1.29, 1.82) is 0 Å². The minimum absolute atomic E-state index is 0.0126. The number of allylic oxidation sites excluding steroid dienone is 1. The third-order valence-corrected chi connectivity index (χ3v) is 3.46. The molecule has 0 saturated heterocycles. The van der Waals surface area contributed by atoms with E-state index in [1.165, 1.54) is 6.07 Å². The second kappa shape index (κ2) is 6.66. The maximum atomic E-state index is 9.92. The number of ether oxygens (including phenoxy) is 2. The maximum absolute atomic E-state index is 9.92. The van der Waals surface area contributed by atoms with E-state index in [9.17, 15) is 10.2 Å². The van der Waals surface area contributed by atoms with Crippen LogP contribution in [0, 0.1) is 0 Å². The summed E-state index contributed by atoms with van der Waals surface area (Å²) >= 11 is 0. The molecule has 1 aromatic carbocycles. The third kappa shape index (κ3) is 3.07. The molecule has 1 atom stereocenters. The number of benzene rings is 1. The zero-order valence-corrected chi connectivity index (χ0v) is 11.9. The Balaban J connectivity index is 2.08. The lowest BCUT2D eigenvalue weighted by molar-refractivity contribution is 0.0581. The molecule has 4 heteroatoms. The van der Waals surface area contributed by atoms with Gasteiger partial charge in [-0.25, -0.2) is 0 Å². The van der Waals surface area contributed by atoms with Gasteiger partial charge in [0.15, 0.2) is 11.5 Å². The smallest absolute Gasteiger partial charge is 0.165 e. The molecule has 0 radical (unpaired) electrons. The average molecular weight is 278 g/mol. The summed E-state index contributed by atoms with van der Waals surface area (Å²) in [5, 5.41) is 19.8. The quantitative estimate of drug-likeness (QED) is 0.594. The standard InChI is InChI=1S/C16H22O4/c1-3-5-7-19-10-11-8-13-12(6-4-2)14(17)9-15(18)16(13)20-11/h4,9,11,17-18H,2-3,5-8,10H2,1H3. The number of unbranched alkanes of at least 4 members (excludes halogenated alkanes) is 1. The molecule has 1 unspecified atom stereocenters. The molecule has 0 amide bonds. The number of phenolic OH excluding ortho intramolecular Hbond substituents is 2. The topological polar surface area (TPSA) is 58.9 Å². The first-order valence-electron chi connectivity index (χ1n) is 7.09. The Morgan fingerprint density at radius 1 is 1.45 bits per heavy atom. The van der Waals surface area contributed by atoms with E-state index in [0.29, 0.717) is 25.2 Å². The zero-order chi connectivity index (χ0) is 14.5. The van der Waals surface area contributed by atoms with Crippen molar-refractivity contribution in [3.05, 3.63) is 29.8 Å². The van der Waals surface area contributed by atoms with Crippen LogP contribution in [0.5, 0.6) is 17.2 Å². The number of hydrogen-bond donors (Lipinski definition) is 2. The summed E-state index contributed by atoms with van der Waals surface area (Å²) < 4.78 is 11.3. The summed E-state index contributed by atoms with van der Waals surface area (Å²) in [5.41, 5.74) is 1.65. The molecule has 0 spiro atoms. The first-order valence-corrected chi connectivity index (χ1v) is 7.09. The van der Waals surface area contributed by atoms with Gasteiger partial charge in [0.25, 0.3) is 0 Å². The van der Waals surface area contributed by atoms with Gasteiger partial charge in [-0.15, -0.1) is 6.58 Å². The van der Waals surface area contributed by atoms with Crippen LogP contribution in [0.15, 0.2) is 18.7 Å². The lowest BCUT2D eigenvalue weighted by atomic mass is 9.99. The van der Waals surface area contributed by atoms with Crippen molar-refractivity contribution in [2.24, 2.45) is 0 Å². The van der Waals surface area contributed by atoms with Gasteiger partial charge < -0.3 is 19.7 Å². The van der Waals surface area contributed by atoms with Gasteiger partial charge >= 0.3 is 0 Å². The average Bonchev–Trinajstić information content (AvgIpc) is 2.84. The minimum atomic E-state index is -0.0990. The van der Waals surface area contributed by atoms with E-state index in [2.05, 4.69) is 13.5 Å². The van der Waals surface area contributed by atoms with E-state index in [1.54, 1.807) is 6.08 Å². The van der Waals surface area contributed by atoms with Crippen molar-refractivity contribution in [1.82, 2.24) is 0 Å². The van der Waals surface area contributed by atoms with E-state index in [-0.39, 0.29) is 17.6 Å². The molecule has 0 bridgehead atoms. The highest BCUT2D eigenvalue weighted by molar-refractivity contribution is 5.58. The predicted molar refractivity (Wildman–Crippen MR) is 77.5 cm³/mol. The van der Waals surface area contributed by atoms with Crippen LogP contribution in [0.3, 0.4) is 0 Å². The summed E-state index contributed by atoms with van der Waals surface area (Å²) in [4.78, 5) is 0. The van der Waals surface area contributed by atoms with Gasteiger partial charge in [0.05, 0.1) is 6.61 Å². The number of aromatic hydroxyl groups is 2. The highest BCUT2D eigenvalue weighted by Crippen LogP contribution is 2.43. The molecular weight excluding hydrogens is 256 g/mol. The van der Waals surface area contributed by atoms with Gasteiger partial charge in [-0.2, -0.15) is 0 Å². The second-order valence-electron chi connectivity index (χ2n) is 5.07. The highest BCUT2D eigenvalue weighted by atomic mass is 16.5. The number of fused-ring (bicyclic) bond motifs is 1. The zero-order valence-electron chi connectivity index (χ0n) is 11.9. The maximum Gasteiger partial charge on any atom is 0.165 e. The van der Waals surface area contributed by atoms with Crippen LogP contribution in [0.1, 0.15) is 30.9 Å². The molecule has 1 aliphatic rings. The van der Waals surface area contributed by atoms with Crippen molar-refractivity contribution in [3.8, 4) is 17.2 Å². The summed E-state index contributed by atoms with van der Waals surface area (Å²) in [7, 11) is 0. The molecule has 20 heavy (non-hydrogen) atoms. The van der Waals surface area contributed by atoms with Gasteiger partial charge in [-0.1, -0.05) is 19.4 Å². The van der Waals surface area contributed by atoms with Crippen molar-refractivity contribution in [2.75, 3.05) is 13.2 Å². The van der Waals surface area contributed by atoms with Crippen LogP contribution < -0.4 is 4.74 Å². The van der Waals surface area contributed by atoms with E-state index in [4.69, 9.17) is 9.47 Å². The Morgan fingerprint density at radius 3 is 2.95 bits per heavy atom. The fraction of sp³-hybridized carbons (Fsp3) is 0.500. The molecule has 110 valence electrons. The van der Waals surface area contributed by atoms with Gasteiger partial charge in [0.1, 0.15) is 11.9 Å². The highest BCUT2D eigenvalue weighted by Gasteiger charge is 2.29. The predicted octanol–water partition coefficient (Wildman–Crippen LogP) is 2.95. The number of phenols is 2. The number of rotatable bonds is 7. The van der Waals surface area contributed by atoms with Gasteiger partial charge in [-0.05, 0) is 12.8 Å². The van der Waals surface area contributed by atoms with Crippen LogP contribution in [0.4, 0.5) is 0 Å². The monoisotopic (exact) mass is 278 g/mol. The SMILES string of the molecule is C=CCc1c(O)cc(O)c2c1CC(COCCCC)O2. The molecule has 1 aromatic rings. The van der Waals surface area contributed by atoms with Crippen molar-refractivity contribution < 1.29 is 19.7 Å². The minimum Gasteiger partial charge on any atom is -0.508 e. The van der Waals surface area contributed by atoms with E-state index in [0.717, 1.165) is 30.6 Å². The third-order valence-electron chi connectivity index (χ3n) is 3.46. The van der Waals surface area contributed by atoms with Crippen LogP contribution in [0.2, 0.25) is 0 Å². The fourth-order valence-electron chi connectivity index (χ4n) is 2.44. The molecule has 1 aliphatic heterocycles. The first-order chi connectivity index (χ1) is 9.67. The van der Waals surface area contributed by atoms with Crippen LogP contribution in [-0.2, 0) is 17.6 Å². The molecular formula is C16H22O4. The summed E-state index contributed by atoms with van der Waals surface area (Å²) in [5.74, 6) is 0.558. The van der Waals surface area contributed by atoms with E-state index in [1.807, 2.05) is 0 Å². The second-order valence-corrected chi connectivity index (χ2v) is 5.07. The van der Waals surface area contributed by atoms with Gasteiger partial charge in [0.2, 0.25) is 0 Å². The van der Waals surface area contributed by atoms with Crippen molar-refractivity contribution in [2.45, 2.75) is 38.7 Å². The molecule has 2 N–H and O–H groups in total. The Kier molecular flexibility index (Phi) is 4.90. The normalized spacial score (nSPS) is 16.8. The first kappa shape index (κ1) is 14.7. The van der Waals surface area contributed by atoms with Gasteiger partial charge in [0, 0.05) is 30.2 Å². The Morgan fingerprint density at radius 2 is 2.25 bits per heavy atom. The molecule has 0 aliphatic carbocycles. The Labute approximate surface area is 119 Å². The molecule has 1 heterocycles. The molecule has 0 aromatic heterocycles. The van der Waals surface area contributed by atoms with Crippen LogP contribution in [-0.4, -0.2) is 29.5 Å². The van der Waals surface area contributed by atoms with Gasteiger partial charge in [-0.3, -0.25) is 0 Å². The summed E-state index contributed by atoms with van der Waals surface area (Å²) in [6.45, 7) is 7.04. The molecule has 0 fully saturated rings. The summed E-state index contributed by atoms with van der Waals surface area (Å²) in [6.07, 6.45) is 4.97. The van der Waals surface area contributed by atoms with Crippen molar-refractivity contribution >= 4 is 0 Å². The van der Waals surface area contributed by atoms with E-state index >= 15 is 0 Å². The Hall–Kier alpha value is -1.68. The molecule has 4 nitrogen and oxygen atoms in total. The summed E-state index contributed by atoms with van der Waals surface area (Å²) in [6, 6.07) is 1.33. The van der Waals surface area contributed by atoms with Crippen molar-refractivity contribution in [3.63, 3.8) is 0 Å².